The molecule has 1 aliphatic carbocycles. The van der Waals surface area contributed by atoms with E-state index >= 15 is 0 Å². The number of carbonyl (C=O) groups excluding carboxylic acids is 1. The second-order valence-electron chi connectivity index (χ2n) is 4.36. The van der Waals surface area contributed by atoms with Gasteiger partial charge in [0.2, 0.25) is 15.0 Å². The molecule has 98 valence electrons. The van der Waals surface area contributed by atoms with E-state index in [9.17, 15) is 13.2 Å². The Morgan fingerprint density at radius 2 is 2.22 bits per heavy atom. The molecule has 0 bridgehead atoms. The molecule has 7 heteroatoms. The van der Waals surface area contributed by atoms with Gasteiger partial charge in [-0.25, -0.2) is 18.4 Å². The molecule has 1 aromatic heterocycles. The van der Waals surface area contributed by atoms with Gasteiger partial charge in [-0.15, -0.1) is 0 Å². The molecule has 6 nitrogen and oxygen atoms in total. The molecular weight excluding hydrogens is 256 g/mol. The fourth-order valence-corrected chi connectivity index (χ4v) is 2.56. The molecule has 1 atom stereocenters. The Morgan fingerprint density at radius 3 is 2.83 bits per heavy atom. The number of nitrogens with zero attached hydrogens (tertiary/aromatic N) is 2. The van der Waals surface area contributed by atoms with Crippen molar-refractivity contribution in [3.63, 3.8) is 0 Å². The number of hydrogen-bond acceptors (Lipinski definition) is 6. The van der Waals surface area contributed by atoms with Crippen LogP contribution in [-0.4, -0.2) is 37.7 Å². The van der Waals surface area contributed by atoms with E-state index in [0.717, 1.165) is 11.8 Å². The number of ether oxygens (including phenoxy) is 1. The van der Waals surface area contributed by atoms with Gasteiger partial charge in [0.1, 0.15) is 0 Å². The highest BCUT2D eigenvalue weighted by atomic mass is 32.2. The summed E-state index contributed by atoms with van der Waals surface area (Å²) in [7, 11) is -2.02. The fraction of sp³-hybridized carbons (Fsp3) is 0.545. The van der Waals surface area contributed by atoms with Crippen LogP contribution in [0.15, 0.2) is 11.4 Å². The first-order valence-corrected chi connectivity index (χ1v) is 7.43. The van der Waals surface area contributed by atoms with Crippen LogP contribution in [0.1, 0.15) is 17.7 Å². The van der Waals surface area contributed by atoms with Crippen molar-refractivity contribution >= 4 is 15.8 Å². The lowest BCUT2D eigenvalue weighted by Crippen LogP contribution is -2.25. The van der Waals surface area contributed by atoms with E-state index in [2.05, 4.69) is 9.97 Å². The summed E-state index contributed by atoms with van der Waals surface area (Å²) in [6, 6.07) is 0. The Hall–Kier alpha value is -1.50. The summed E-state index contributed by atoms with van der Waals surface area (Å²) < 4.78 is 27.4. The molecule has 0 amide bonds. The number of esters is 1. The van der Waals surface area contributed by atoms with Gasteiger partial charge in [0, 0.05) is 18.1 Å². The van der Waals surface area contributed by atoms with E-state index in [-0.39, 0.29) is 17.0 Å². The van der Waals surface area contributed by atoms with Crippen molar-refractivity contribution in [2.24, 2.45) is 5.92 Å². The van der Waals surface area contributed by atoms with Gasteiger partial charge >= 0.3 is 5.97 Å². The first-order chi connectivity index (χ1) is 8.41. The highest BCUT2D eigenvalue weighted by Gasteiger charge is 2.27. The standard InChI is InChI=1S/C11H14N2O4S/c1-17-10(14)7-3-4-9-8(5-7)6-12-11(13-9)18(2,15)16/h6-7H,3-5H2,1-2H3/t7-/m0/s1. The molecule has 0 N–H and O–H groups in total. The number of carbonyl (C=O) groups is 1. The highest BCUT2D eigenvalue weighted by Crippen LogP contribution is 2.25. The molecular formula is C11H14N2O4S. The average Bonchev–Trinajstić information content (AvgIpc) is 2.35. The third-order valence-electron chi connectivity index (χ3n) is 2.99. The van der Waals surface area contributed by atoms with Crippen LogP contribution in [0, 0.1) is 5.92 Å². The lowest BCUT2D eigenvalue weighted by atomic mass is 9.87. The number of aromatic nitrogens is 2. The Balaban J connectivity index is 2.29. The van der Waals surface area contributed by atoms with Crippen molar-refractivity contribution in [1.29, 1.82) is 0 Å². The minimum atomic E-state index is -3.38. The van der Waals surface area contributed by atoms with Gasteiger partial charge in [0.15, 0.2) is 0 Å². The summed E-state index contributed by atoms with van der Waals surface area (Å²) in [5, 5.41) is -0.155. The van der Waals surface area contributed by atoms with Crippen molar-refractivity contribution < 1.29 is 17.9 Å². The molecule has 1 heterocycles. The lowest BCUT2D eigenvalue weighted by Gasteiger charge is -2.21. The van der Waals surface area contributed by atoms with Crippen molar-refractivity contribution in [3.8, 4) is 0 Å². The molecule has 0 spiro atoms. The van der Waals surface area contributed by atoms with Gasteiger partial charge in [-0.2, -0.15) is 0 Å². The quantitative estimate of drug-likeness (QED) is 0.562. The van der Waals surface area contributed by atoms with Crippen LogP contribution in [0.4, 0.5) is 0 Å². The minimum Gasteiger partial charge on any atom is -0.469 e. The predicted octanol–water partition coefficient (Wildman–Crippen LogP) is 0.158. The molecule has 0 unspecified atom stereocenters. The Kier molecular flexibility index (Phi) is 3.34. The number of methoxy groups -OCH3 is 1. The first kappa shape index (κ1) is 12.9. The number of hydrogen-bond donors (Lipinski definition) is 0. The maximum absolute atomic E-state index is 11.4. The summed E-state index contributed by atoms with van der Waals surface area (Å²) >= 11 is 0. The molecule has 0 saturated carbocycles. The second kappa shape index (κ2) is 4.64. The van der Waals surface area contributed by atoms with Crippen molar-refractivity contribution in [2.45, 2.75) is 24.4 Å². The van der Waals surface area contributed by atoms with Gasteiger partial charge in [-0.1, -0.05) is 0 Å². The van der Waals surface area contributed by atoms with Crippen molar-refractivity contribution in [1.82, 2.24) is 9.97 Å². The maximum atomic E-state index is 11.4. The third kappa shape index (κ3) is 2.50. The average molecular weight is 270 g/mol. The molecule has 0 saturated heterocycles. The number of rotatable bonds is 2. The van der Waals surface area contributed by atoms with Gasteiger partial charge in [0.05, 0.1) is 13.0 Å². The molecule has 18 heavy (non-hydrogen) atoms. The van der Waals surface area contributed by atoms with E-state index in [0.29, 0.717) is 25.0 Å². The number of fused-ring (bicyclic) bond motifs is 1. The van der Waals surface area contributed by atoms with E-state index in [1.807, 2.05) is 0 Å². The second-order valence-corrected chi connectivity index (χ2v) is 6.27. The summed E-state index contributed by atoms with van der Waals surface area (Å²) in [4.78, 5) is 19.3. The summed E-state index contributed by atoms with van der Waals surface area (Å²) in [5.74, 6) is -0.428. The number of aryl methyl sites for hydroxylation is 1. The van der Waals surface area contributed by atoms with Gasteiger partial charge < -0.3 is 4.74 Å². The van der Waals surface area contributed by atoms with Gasteiger partial charge in [-0.3, -0.25) is 4.79 Å². The van der Waals surface area contributed by atoms with Crippen LogP contribution >= 0.6 is 0 Å². The fourth-order valence-electron chi connectivity index (χ4n) is 2.04. The van der Waals surface area contributed by atoms with Crippen LogP contribution in [0.5, 0.6) is 0 Å². The molecule has 1 aliphatic rings. The third-order valence-corrected chi connectivity index (χ3v) is 3.85. The monoisotopic (exact) mass is 270 g/mol. The van der Waals surface area contributed by atoms with Crippen LogP contribution < -0.4 is 0 Å². The SMILES string of the molecule is COC(=O)[C@H]1CCc2nc(S(C)(=O)=O)ncc2C1. The zero-order valence-corrected chi connectivity index (χ0v) is 11.0. The minimum absolute atomic E-state index is 0.155. The summed E-state index contributed by atoms with van der Waals surface area (Å²) in [6.45, 7) is 0. The van der Waals surface area contributed by atoms with Crippen LogP contribution in [0.25, 0.3) is 0 Å². The van der Waals surface area contributed by atoms with E-state index in [1.54, 1.807) is 0 Å². The molecule has 0 fully saturated rings. The lowest BCUT2D eigenvalue weighted by molar-refractivity contribution is -0.145. The van der Waals surface area contributed by atoms with Crippen LogP contribution in [0.3, 0.4) is 0 Å². The Bertz CT molecular complexity index is 583. The summed E-state index contributed by atoms with van der Waals surface area (Å²) in [5.41, 5.74) is 1.54. The molecule has 0 aromatic carbocycles. The zero-order valence-electron chi connectivity index (χ0n) is 10.2. The Labute approximate surface area is 105 Å². The number of sulfone groups is 1. The Morgan fingerprint density at radius 1 is 1.50 bits per heavy atom. The smallest absolute Gasteiger partial charge is 0.309 e. The molecule has 0 aliphatic heterocycles. The van der Waals surface area contributed by atoms with E-state index in [1.165, 1.54) is 13.3 Å². The predicted molar refractivity (Wildman–Crippen MR) is 62.7 cm³/mol. The van der Waals surface area contributed by atoms with Crippen molar-refractivity contribution in [2.75, 3.05) is 13.4 Å². The summed E-state index contributed by atoms with van der Waals surface area (Å²) in [6.07, 6.45) is 4.27. The van der Waals surface area contributed by atoms with Gasteiger partial charge in [-0.05, 0) is 24.8 Å². The van der Waals surface area contributed by atoms with E-state index < -0.39 is 9.84 Å². The van der Waals surface area contributed by atoms with Crippen LogP contribution in [-0.2, 0) is 32.2 Å². The topological polar surface area (TPSA) is 86.2 Å². The molecule has 2 rings (SSSR count). The molecule has 0 radical (unpaired) electrons. The highest BCUT2D eigenvalue weighted by molar-refractivity contribution is 7.90. The van der Waals surface area contributed by atoms with Gasteiger partial charge in [0.25, 0.3) is 0 Å². The molecule has 1 aromatic rings. The first-order valence-electron chi connectivity index (χ1n) is 5.54. The largest absolute Gasteiger partial charge is 0.469 e. The van der Waals surface area contributed by atoms with E-state index in [4.69, 9.17) is 4.74 Å². The van der Waals surface area contributed by atoms with Crippen molar-refractivity contribution in [3.05, 3.63) is 17.5 Å². The van der Waals surface area contributed by atoms with Crippen LogP contribution in [0.2, 0.25) is 0 Å². The maximum Gasteiger partial charge on any atom is 0.309 e. The normalized spacial score (nSPS) is 19.1. The zero-order chi connectivity index (χ0) is 13.3.